The van der Waals surface area contributed by atoms with Crippen molar-refractivity contribution >= 4 is 39.3 Å². The lowest BCUT2D eigenvalue weighted by Gasteiger charge is -2.10. The average Bonchev–Trinajstić information content (AvgIpc) is 3.16. The van der Waals surface area contributed by atoms with E-state index in [0.29, 0.717) is 17.9 Å². The van der Waals surface area contributed by atoms with Crippen LogP contribution in [0, 0.1) is 13.8 Å². The van der Waals surface area contributed by atoms with Gasteiger partial charge in [-0.05, 0) is 60.9 Å². The molecule has 0 saturated heterocycles. The summed E-state index contributed by atoms with van der Waals surface area (Å²) >= 11 is 0. The van der Waals surface area contributed by atoms with Gasteiger partial charge in [-0.3, -0.25) is 4.79 Å². The van der Waals surface area contributed by atoms with Gasteiger partial charge in [-0.1, -0.05) is 36.4 Å². The summed E-state index contributed by atoms with van der Waals surface area (Å²) in [6.07, 6.45) is 0. The van der Waals surface area contributed by atoms with Crippen molar-refractivity contribution in [3.63, 3.8) is 0 Å². The summed E-state index contributed by atoms with van der Waals surface area (Å²) in [6.45, 7) is 4.59. The van der Waals surface area contributed by atoms with Gasteiger partial charge in [0.15, 0.2) is 0 Å². The number of fused-ring (bicyclic) bond motifs is 3. The van der Waals surface area contributed by atoms with Crippen molar-refractivity contribution in [1.82, 2.24) is 14.5 Å². The lowest BCUT2D eigenvalue weighted by molar-refractivity contribution is 0.101. The zero-order chi connectivity index (χ0) is 23.8. The largest absolute Gasteiger partial charge is 0.497 e. The van der Waals surface area contributed by atoms with Gasteiger partial charge in [-0.25, -0.2) is 9.97 Å². The van der Waals surface area contributed by atoms with E-state index in [-0.39, 0.29) is 11.6 Å². The molecular formula is C27H25N5O2. The Morgan fingerprint density at radius 3 is 2.50 bits per heavy atom. The molecule has 1 amide bonds. The predicted molar refractivity (Wildman–Crippen MR) is 135 cm³/mol. The summed E-state index contributed by atoms with van der Waals surface area (Å²) in [5.41, 5.74) is 12.0. The maximum Gasteiger partial charge on any atom is 0.293 e. The number of aryl methyl sites for hydroxylation is 2. The molecule has 0 fully saturated rings. The van der Waals surface area contributed by atoms with Crippen LogP contribution in [0.2, 0.25) is 0 Å². The second-order valence-electron chi connectivity index (χ2n) is 8.34. The Morgan fingerprint density at radius 1 is 1.00 bits per heavy atom. The smallest absolute Gasteiger partial charge is 0.293 e. The molecule has 0 atom stereocenters. The minimum atomic E-state index is -0.405. The summed E-state index contributed by atoms with van der Waals surface area (Å²) in [6, 6.07) is 21.6. The Kier molecular flexibility index (Phi) is 5.37. The highest BCUT2D eigenvalue weighted by molar-refractivity contribution is 6.13. The number of aromatic nitrogens is 3. The van der Waals surface area contributed by atoms with Gasteiger partial charge in [0, 0.05) is 17.6 Å². The number of para-hydroxylation sites is 1. The van der Waals surface area contributed by atoms with E-state index in [4.69, 9.17) is 10.5 Å². The van der Waals surface area contributed by atoms with Crippen LogP contribution in [0.3, 0.4) is 0 Å². The van der Waals surface area contributed by atoms with Crippen LogP contribution in [0.25, 0.3) is 21.9 Å². The predicted octanol–water partition coefficient (Wildman–Crippen LogP) is 5.09. The normalized spacial score (nSPS) is 11.1. The molecule has 5 rings (SSSR count). The SMILES string of the molecule is COc1ccc(Cn2c3ccccc3c3c(N)nc(C(=O)Nc4ccc(C)c(C)c4)nc32)cc1. The first kappa shape index (κ1) is 21.5. The first-order valence-electron chi connectivity index (χ1n) is 11.0. The highest BCUT2D eigenvalue weighted by Crippen LogP contribution is 2.32. The van der Waals surface area contributed by atoms with Crippen molar-refractivity contribution in [2.45, 2.75) is 20.4 Å². The molecule has 0 aliphatic rings. The molecule has 2 heterocycles. The molecule has 170 valence electrons. The number of benzene rings is 3. The Morgan fingerprint density at radius 2 is 1.76 bits per heavy atom. The summed E-state index contributed by atoms with van der Waals surface area (Å²) in [5, 5.41) is 4.58. The molecule has 5 aromatic rings. The number of anilines is 2. The van der Waals surface area contributed by atoms with Crippen LogP contribution in [-0.4, -0.2) is 27.6 Å². The lowest BCUT2D eigenvalue weighted by Crippen LogP contribution is -2.17. The second-order valence-corrected chi connectivity index (χ2v) is 8.34. The average molecular weight is 452 g/mol. The summed E-state index contributed by atoms with van der Waals surface area (Å²) in [4.78, 5) is 22.1. The highest BCUT2D eigenvalue weighted by Gasteiger charge is 2.20. The van der Waals surface area contributed by atoms with E-state index in [9.17, 15) is 4.79 Å². The fourth-order valence-corrected chi connectivity index (χ4v) is 4.14. The van der Waals surface area contributed by atoms with Gasteiger partial charge in [0.25, 0.3) is 5.91 Å². The van der Waals surface area contributed by atoms with Gasteiger partial charge in [0.1, 0.15) is 17.2 Å². The number of ether oxygens (including phenoxy) is 1. The molecule has 7 nitrogen and oxygen atoms in total. The minimum absolute atomic E-state index is 0.0296. The van der Waals surface area contributed by atoms with Crippen LogP contribution >= 0.6 is 0 Å². The van der Waals surface area contributed by atoms with Crippen LogP contribution in [0.1, 0.15) is 27.3 Å². The van der Waals surface area contributed by atoms with Gasteiger partial charge in [0.05, 0.1) is 18.0 Å². The molecule has 0 spiro atoms. The standard InChI is InChI=1S/C27H25N5O2/c1-16-8-11-19(14-17(16)2)29-27(33)25-30-24(28)23-21-6-4-5-7-22(21)32(26(23)31-25)15-18-9-12-20(34-3)13-10-18/h4-14H,15H2,1-3H3,(H,29,33)(H2,28,30,31). The topological polar surface area (TPSA) is 95.1 Å². The van der Waals surface area contributed by atoms with E-state index < -0.39 is 5.91 Å². The fraction of sp³-hybridized carbons (Fsp3) is 0.148. The number of rotatable bonds is 5. The van der Waals surface area contributed by atoms with Crippen molar-refractivity contribution in [2.24, 2.45) is 0 Å². The number of carbonyl (C=O) groups is 1. The summed E-state index contributed by atoms with van der Waals surface area (Å²) < 4.78 is 7.34. The quantitative estimate of drug-likeness (QED) is 0.388. The number of nitrogens with one attached hydrogen (secondary N) is 1. The Bertz CT molecular complexity index is 1540. The van der Waals surface area contributed by atoms with E-state index in [2.05, 4.69) is 19.9 Å². The fourth-order valence-electron chi connectivity index (χ4n) is 4.14. The van der Waals surface area contributed by atoms with Crippen molar-refractivity contribution < 1.29 is 9.53 Å². The molecule has 0 aliphatic carbocycles. The number of methoxy groups -OCH3 is 1. The molecule has 0 radical (unpaired) electrons. The molecule has 7 heteroatoms. The van der Waals surface area contributed by atoms with Gasteiger partial charge >= 0.3 is 0 Å². The Labute approximate surface area is 197 Å². The zero-order valence-electron chi connectivity index (χ0n) is 19.3. The van der Waals surface area contributed by atoms with E-state index in [1.807, 2.05) is 80.6 Å². The van der Waals surface area contributed by atoms with Crippen LogP contribution in [-0.2, 0) is 6.54 Å². The number of nitrogens with zero attached hydrogens (tertiary/aromatic N) is 3. The van der Waals surface area contributed by atoms with E-state index in [0.717, 1.165) is 38.7 Å². The third kappa shape index (κ3) is 3.81. The molecule has 34 heavy (non-hydrogen) atoms. The Hall–Kier alpha value is -4.39. The third-order valence-electron chi connectivity index (χ3n) is 6.11. The monoisotopic (exact) mass is 451 g/mol. The molecule has 0 saturated carbocycles. The molecule has 3 aromatic carbocycles. The van der Waals surface area contributed by atoms with Gasteiger partial charge in [0.2, 0.25) is 5.82 Å². The van der Waals surface area contributed by atoms with Gasteiger partial charge in [-0.15, -0.1) is 0 Å². The molecule has 3 N–H and O–H groups in total. The number of hydrogen-bond acceptors (Lipinski definition) is 5. The first-order chi connectivity index (χ1) is 16.4. The van der Waals surface area contributed by atoms with E-state index in [1.165, 1.54) is 0 Å². The number of amides is 1. The maximum absolute atomic E-state index is 13.0. The van der Waals surface area contributed by atoms with Crippen LogP contribution in [0.5, 0.6) is 5.75 Å². The van der Waals surface area contributed by atoms with E-state index >= 15 is 0 Å². The Balaban J connectivity index is 1.60. The molecule has 2 aromatic heterocycles. The minimum Gasteiger partial charge on any atom is -0.497 e. The number of nitrogens with two attached hydrogens (primary N) is 1. The van der Waals surface area contributed by atoms with Gasteiger partial charge in [-0.2, -0.15) is 0 Å². The van der Waals surface area contributed by atoms with Gasteiger partial charge < -0.3 is 20.4 Å². The molecule has 0 aliphatic heterocycles. The molecule has 0 bridgehead atoms. The summed E-state index contributed by atoms with van der Waals surface area (Å²) in [7, 11) is 1.65. The van der Waals surface area contributed by atoms with Crippen molar-refractivity contribution in [3.05, 3.63) is 89.2 Å². The van der Waals surface area contributed by atoms with Crippen molar-refractivity contribution in [2.75, 3.05) is 18.2 Å². The molecule has 0 unspecified atom stereocenters. The summed E-state index contributed by atoms with van der Waals surface area (Å²) in [5.74, 6) is 0.697. The molecular weight excluding hydrogens is 426 g/mol. The number of carbonyl (C=O) groups excluding carboxylic acids is 1. The lowest BCUT2D eigenvalue weighted by atomic mass is 10.1. The van der Waals surface area contributed by atoms with E-state index in [1.54, 1.807) is 7.11 Å². The second kappa shape index (κ2) is 8.51. The number of hydrogen-bond donors (Lipinski definition) is 2. The first-order valence-corrected chi connectivity index (χ1v) is 11.0. The van der Waals surface area contributed by atoms with Crippen LogP contribution < -0.4 is 15.8 Å². The maximum atomic E-state index is 13.0. The zero-order valence-corrected chi connectivity index (χ0v) is 19.3. The van der Waals surface area contributed by atoms with Crippen LogP contribution in [0.4, 0.5) is 11.5 Å². The van der Waals surface area contributed by atoms with Crippen molar-refractivity contribution in [1.29, 1.82) is 0 Å². The van der Waals surface area contributed by atoms with Crippen molar-refractivity contribution in [3.8, 4) is 5.75 Å². The number of nitrogen functional groups attached to an aromatic ring is 1. The third-order valence-corrected chi connectivity index (χ3v) is 6.11. The van der Waals surface area contributed by atoms with Crippen LogP contribution in [0.15, 0.2) is 66.7 Å². The highest BCUT2D eigenvalue weighted by atomic mass is 16.5.